The van der Waals surface area contributed by atoms with Crippen LogP contribution in [0.2, 0.25) is 0 Å². The number of benzene rings is 1. The number of carbonyl (C=O) groups is 2. The van der Waals surface area contributed by atoms with Crippen molar-refractivity contribution in [1.82, 2.24) is 0 Å². The van der Waals surface area contributed by atoms with Crippen LogP contribution in [-0.2, 0) is 19.1 Å². The van der Waals surface area contributed by atoms with Crippen molar-refractivity contribution in [3.63, 3.8) is 0 Å². The highest BCUT2D eigenvalue weighted by molar-refractivity contribution is 9.10. The zero-order valence-electron chi connectivity index (χ0n) is 12.1. The molecule has 1 unspecified atom stereocenters. The van der Waals surface area contributed by atoms with Gasteiger partial charge in [0.05, 0.1) is 19.4 Å². The molecule has 0 saturated carbocycles. The average Bonchev–Trinajstić information content (AvgIpc) is 2.33. The number of hydrogen-bond donors (Lipinski definition) is 0. The normalized spacial score (nSPS) is 12.7. The first-order valence-corrected chi connectivity index (χ1v) is 7.07. The van der Waals surface area contributed by atoms with E-state index in [0.717, 1.165) is 10.0 Å². The predicted molar refractivity (Wildman–Crippen MR) is 79.4 cm³/mol. The molecule has 1 atom stereocenters. The van der Waals surface area contributed by atoms with Gasteiger partial charge in [-0.2, -0.15) is 0 Å². The fourth-order valence-electron chi connectivity index (χ4n) is 1.75. The van der Waals surface area contributed by atoms with E-state index in [1.807, 2.05) is 12.1 Å². The Labute approximate surface area is 127 Å². The Morgan fingerprint density at radius 3 is 2.45 bits per heavy atom. The van der Waals surface area contributed by atoms with Gasteiger partial charge in [-0.15, -0.1) is 0 Å². The Morgan fingerprint density at radius 1 is 1.30 bits per heavy atom. The fourth-order valence-corrected chi connectivity index (χ4v) is 2.17. The Hall–Kier alpha value is -1.36. The zero-order chi connectivity index (χ0) is 15.3. The SMILES string of the molecule is COC(=O)C(CC(=O)OC(C)(C)C)c1cccc(Br)c1. The van der Waals surface area contributed by atoms with Crippen LogP contribution in [0.5, 0.6) is 0 Å². The van der Waals surface area contributed by atoms with Crippen molar-refractivity contribution < 1.29 is 19.1 Å². The second-order valence-corrected chi connectivity index (χ2v) is 6.34. The molecular weight excluding hydrogens is 324 g/mol. The van der Waals surface area contributed by atoms with Gasteiger partial charge >= 0.3 is 11.9 Å². The number of halogens is 1. The second-order valence-electron chi connectivity index (χ2n) is 5.42. The van der Waals surface area contributed by atoms with Crippen LogP contribution in [-0.4, -0.2) is 24.6 Å². The molecule has 0 bridgehead atoms. The quantitative estimate of drug-likeness (QED) is 0.786. The molecule has 4 nitrogen and oxygen atoms in total. The molecule has 1 aromatic rings. The molecule has 1 rings (SSSR count). The van der Waals surface area contributed by atoms with E-state index in [2.05, 4.69) is 15.9 Å². The van der Waals surface area contributed by atoms with Gasteiger partial charge in [0, 0.05) is 4.47 Å². The van der Waals surface area contributed by atoms with Crippen LogP contribution in [0.4, 0.5) is 0 Å². The molecule has 0 aliphatic carbocycles. The first kappa shape index (κ1) is 16.7. The van der Waals surface area contributed by atoms with Gasteiger partial charge in [0.1, 0.15) is 5.60 Å². The monoisotopic (exact) mass is 342 g/mol. The van der Waals surface area contributed by atoms with Crippen molar-refractivity contribution in [1.29, 1.82) is 0 Å². The predicted octanol–water partition coefficient (Wildman–Crippen LogP) is 3.44. The Balaban J connectivity index is 2.91. The van der Waals surface area contributed by atoms with Crippen LogP contribution in [0, 0.1) is 0 Å². The first-order chi connectivity index (χ1) is 9.23. The molecule has 0 amide bonds. The Kier molecular flexibility index (Phi) is 5.74. The van der Waals surface area contributed by atoms with Crippen LogP contribution in [0.25, 0.3) is 0 Å². The smallest absolute Gasteiger partial charge is 0.313 e. The lowest BCUT2D eigenvalue weighted by Crippen LogP contribution is -2.27. The highest BCUT2D eigenvalue weighted by Crippen LogP contribution is 2.25. The van der Waals surface area contributed by atoms with E-state index in [1.165, 1.54) is 7.11 Å². The topological polar surface area (TPSA) is 52.6 Å². The van der Waals surface area contributed by atoms with Gasteiger partial charge in [-0.3, -0.25) is 9.59 Å². The summed E-state index contributed by atoms with van der Waals surface area (Å²) in [5.74, 6) is -1.53. The molecule has 0 aliphatic rings. The van der Waals surface area contributed by atoms with Crippen LogP contribution in [0.15, 0.2) is 28.7 Å². The van der Waals surface area contributed by atoms with Crippen molar-refractivity contribution in [3.05, 3.63) is 34.3 Å². The van der Waals surface area contributed by atoms with E-state index in [0.29, 0.717) is 0 Å². The summed E-state index contributed by atoms with van der Waals surface area (Å²) in [6.07, 6.45) is -0.0413. The summed E-state index contributed by atoms with van der Waals surface area (Å²) in [7, 11) is 1.31. The van der Waals surface area contributed by atoms with Gasteiger partial charge in [-0.05, 0) is 38.5 Å². The lowest BCUT2D eigenvalue weighted by atomic mass is 9.96. The molecule has 110 valence electrons. The molecule has 5 heteroatoms. The largest absolute Gasteiger partial charge is 0.469 e. The Bertz CT molecular complexity index is 491. The third kappa shape index (κ3) is 5.33. The molecule has 1 aromatic carbocycles. The van der Waals surface area contributed by atoms with E-state index >= 15 is 0 Å². The van der Waals surface area contributed by atoms with E-state index in [4.69, 9.17) is 9.47 Å². The van der Waals surface area contributed by atoms with Crippen LogP contribution in [0.3, 0.4) is 0 Å². The number of rotatable bonds is 4. The summed E-state index contributed by atoms with van der Waals surface area (Å²) < 4.78 is 10.9. The van der Waals surface area contributed by atoms with Gasteiger partial charge in [0.25, 0.3) is 0 Å². The molecule has 20 heavy (non-hydrogen) atoms. The average molecular weight is 343 g/mol. The highest BCUT2D eigenvalue weighted by Gasteiger charge is 2.27. The molecule has 0 saturated heterocycles. The standard InChI is InChI=1S/C15H19BrO4/c1-15(2,3)20-13(17)9-12(14(18)19-4)10-6-5-7-11(16)8-10/h5-8,12H,9H2,1-4H3. The lowest BCUT2D eigenvalue weighted by molar-refractivity contribution is -0.158. The summed E-state index contributed by atoms with van der Waals surface area (Å²) in [6.45, 7) is 5.37. The van der Waals surface area contributed by atoms with Crippen molar-refractivity contribution in [2.24, 2.45) is 0 Å². The maximum atomic E-state index is 11.9. The zero-order valence-corrected chi connectivity index (χ0v) is 13.7. The number of ether oxygens (including phenoxy) is 2. The number of hydrogen-bond acceptors (Lipinski definition) is 4. The molecular formula is C15H19BrO4. The van der Waals surface area contributed by atoms with Crippen LogP contribution < -0.4 is 0 Å². The molecule has 0 heterocycles. The van der Waals surface area contributed by atoms with Gasteiger partial charge in [-0.1, -0.05) is 28.1 Å². The van der Waals surface area contributed by atoms with E-state index in [9.17, 15) is 9.59 Å². The third-order valence-corrected chi connectivity index (χ3v) is 3.02. The summed E-state index contributed by atoms with van der Waals surface area (Å²) in [5.41, 5.74) is 0.145. The molecule has 0 N–H and O–H groups in total. The lowest BCUT2D eigenvalue weighted by Gasteiger charge is -2.21. The van der Waals surface area contributed by atoms with Crippen molar-refractivity contribution in [3.8, 4) is 0 Å². The second kappa shape index (κ2) is 6.88. The summed E-state index contributed by atoms with van der Waals surface area (Å²) in [4.78, 5) is 23.8. The summed E-state index contributed by atoms with van der Waals surface area (Å²) >= 11 is 3.35. The van der Waals surface area contributed by atoms with E-state index in [1.54, 1.807) is 32.9 Å². The van der Waals surface area contributed by atoms with E-state index < -0.39 is 23.5 Å². The van der Waals surface area contributed by atoms with Crippen molar-refractivity contribution >= 4 is 27.9 Å². The maximum Gasteiger partial charge on any atom is 0.313 e. The number of carbonyl (C=O) groups excluding carboxylic acids is 2. The minimum atomic E-state index is -0.660. The molecule has 0 spiro atoms. The molecule has 0 aromatic heterocycles. The maximum absolute atomic E-state index is 11.9. The van der Waals surface area contributed by atoms with Crippen LogP contribution in [0.1, 0.15) is 38.7 Å². The summed E-state index contributed by atoms with van der Waals surface area (Å²) in [6, 6.07) is 7.25. The van der Waals surface area contributed by atoms with Gasteiger partial charge in [-0.25, -0.2) is 0 Å². The fraction of sp³-hybridized carbons (Fsp3) is 0.467. The number of methoxy groups -OCH3 is 1. The third-order valence-electron chi connectivity index (χ3n) is 2.53. The first-order valence-electron chi connectivity index (χ1n) is 6.28. The number of esters is 2. The van der Waals surface area contributed by atoms with Gasteiger partial charge in [0.2, 0.25) is 0 Å². The molecule has 0 fully saturated rings. The van der Waals surface area contributed by atoms with Gasteiger partial charge in [0.15, 0.2) is 0 Å². The Morgan fingerprint density at radius 2 is 1.95 bits per heavy atom. The van der Waals surface area contributed by atoms with Gasteiger partial charge < -0.3 is 9.47 Å². The minimum Gasteiger partial charge on any atom is -0.469 e. The minimum absolute atomic E-state index is 0.0413. The van der Waals surface area contributed by atoms with E-state index in [-0.39, 0.29) is 6.42 Å². The molecule has 0 aliphatic heterocycles. The van der Waals surface area contributed by atoms with Crippen molar-refractivity contribution in [2.75, 3.05) is 7.11 Å². The molecule has 0 radical (unpaired) electrons. The highest BCUT2D eigenvalue weighted by atomic mass is 79.9. The van der Waals surface area contributed by atoms with Crippen molar-refractivity contribution in [2.45, 2.75) is 38.7 Å². The van der Waals surface area contributed by atoms with Crippen LogP contribution >= 0.6 is 15.9 Å². The summed E-state index contributed by atoms with van der Waals surface area (Å²) in [5, 5.41) is 0.